The van der Waals surface area contributed by atoms with Crippen LogP contribution in [0.2, 0.25) is 0 Å². The number of piperidine rings is 1. The molecule has 0 bridgehead atoms. The smallest absolute Gasteiger partial charge is 0.137 e. The molecule has 0 aliphatic carbocycles. The zero-order chi connectivity index (χ0) is 13.8. The predicted octanol–water partition coefficient (Wildman–Crippen LogP) is 1.88. The number of aromatic nitrogens is 2. The van der Waals surface area contributed by atoms with E-state index in [1.165, 1.54) is 6.42 Å². The van der Waals surface area contributed by atoms with Crippen molar-refractivity contribution in [2.24, 2.45) is 0 Å². The van der Waals surface area contributed by atoms with Crippen molar-refractivity contribution < 1.29 is 5.11 Å². The lowest BCUT2D eigenvalue weighted by atomic mass is 10.0. The van der Waals surface area contributed by atoms with Crippen molar-refractivity contribution in [3.05, 3.63) is 11.4 Å². The number of nitrogens with one attached hydrogen (secondary N) is 1. The van der Waals surface area contributed by atoms with Crippen molar-refractivity contribution in [3.8, 4) is 0 Å². The zero-order valence-electron chi connectivity index (χ0n) is 12.1. The van der Waals surface area contributed by atoms with Crippen LogP contribution in [-0.2, 0) is 0 Å². The van der Waals surface area contributed by atoms with Gasteiger partial charge in [-0.1, -0.05) is 0 Å². The average Bonchev–Trinajstić information content (AvgIpc) is 2.42. The van der Waals surface area contributed by atoms with E-state index in [4.69, 9.17) is 0 Å². The van der Waals surface area contributed by atoms with Crippen molar-refractivity contribution >= 4 is 11.6 Å². The summed E-state index contributed by atoms with van der Waals surface area (Å²) in [6.45, 7) is 8.04. The number of aryl methyl sites for hydroxylation is 1. The number of aliphatic hydroxyl groups is 1. The topological polar surface area (TPSA) is 61.3 Å². The number of hydrogen-bond donors (Lipinski definition) is 2. The molecule has 2 N–H and O–H groups in total. The van der Waals surface area contributed by atoms with E-state index in [0.29, 0.717) is 0 Å². The molecule has 1 aliphatic heterocycles. The Hall–Kier alpha value is -1.36. The highest BCUT2D eigenvalue weighted by Crippen LogP contribution is 2.29. The molecule has 5 nitrogen and oxygen atoms in total. The fraction of sp³-hybridized carbons (Fsp3) is 0.714. The summed E-state index contributed by atoms with van der Waals surface area (Å²) in [5.74, 6) is 2.66. The Morgan fingerprint density at radius 3 is 2.79 bits per heavy atom. The number of aliphatic hydroxyl groups excluding tert-OH is 1. The highest BCUT2D eigenvalue weighted by atomic mass is 16.3. The molecule has 1 saturated heterocycles. The van der Waals surface area contributed by atoms with Gasteiger partial charge in [0.05, 0.1) is 12.6 Å². The molecule has 1 unspecified atom stereocenters. The maximum atomic E-state index is 9.55. The van der Waals surface area contributed by atoms with Gasteiger partial charge in [-0.05, 0) is 40.0 Å². The van der Waals surface area contributed by atoms with Gasteiger partial charge in [0.2, 0.25) is 0 Å². The molecule has 0 saturated carbocycles. The fourth-order valence-corrected chi connectivity index (χ4v) is 2.70. The third kappa shape index (κ3) is 2.97. The van der Waals surface area contributed by atoms with Crippen LogP contribution >= 0.6 is 0 Å². The van der Waals surface area contributed by atoms with Gasteiger partial charge in [-0.25, -0.2) is 9.97 Å². The van der Waals surface area contributed by atoms with Crippen LogP contribution in [-0.4, -0.2) is 40.8 Å². The molecule has 0 radical (unpaired) electrons. The second-order valence-electron chi connectivity index (χ2n) is 5.12. The maximum Gasteiger partial charge on any atom is 0.137 e. The first-order chi connectivity index (χ1) is 9.17. The highest BCUT2D eigenvalue weighted by molar-refractivity contribution is 5.59. The van der Waals surface area contributed by atoms with E-state index in [1.54, 1.807) is 0 Å². The molecule has 0 amide bonds. The summed E-state index contributed by atoms with van der Waals surface area (Å²) < 4.78 is 0. The Labute approximate surface area is 115 Å². The largest absolute Gasteiger partial charge is 0.394 e. The van der Waals surface area contributed by atoms with E-state index in [9.17, 15) is 5.11 Å². The third-order valence-corrected chi connectivity index (χ3v) is 3.69. The Morgan fingerprint density at radius 1 is 1.32 bits per heavy atom. The molecule has 5 heteroatoms. The fourth-order valence-electron chi connectivity index (χ4n) is 2.70. The molecule has 1 fully saturated rings. The molecule has 2 rings (SSSR count). The van der Waals surface area contributed by atoms with Crippen molar-refractivity contribution in [3.63, 3.8) is 0 Å². The monoisotopic (exact) mass is 264 g/mol. The van der Waals surface area contributed by atoms with Gasteiger partial charge >= 0.3 is 0 Å². The Balaban J connectivity index is 2.36. The van der Waals surface area contributed by atoms with E-state index >= 15 is 0 Å². The van der Waals surface area contributed by atoms with Crippen LogP contribution in [0.4, 0.5) is 11.6 Å². The van der Waals surface area contributed by atoms with Gasteiger partial charge in [-0.2, -0.15) is 0 Å². The minimum Gasteiger partial charge on any atom is -0.394 e. The normalized spacial score (nSPS) is 19.6. The van der Waals surface area contributed by atoms with E-state index in [1.807, 2.05) is 6.92 Å². The van der Waals surface area contributed by atoms with E-state index in [0.717, 1.165) is 49.0 Å². The molecule has 106 valence electrons. The number of rotatable bonds is 4. The first-order valence-corrected chi connectivity index (χ1v) is 7.14. The number of anilines is 2. The predicted molar refractivity (Wildman–Crippen MR) is 77.7 cm³/mol. The first-order valence-electron chi connectivity index (χ1n) is 7.14. The Kier molecular flexibility index (Phi) is 4.58. The molecule has 1 aromatic heterocycles. The Bertz CT molecular complexity index is 436. The molecular weight excluding hydrogens is 240 g/mol. The second kappa shape index (κ2) is 6.19. The zero-order valence-corrected chi connectivity index (χ0v) is 12.1. The molecule has 19 heavy (non-hydrogen) atoms. The van der Waals surface area contributed by atoms with Gasteiger partial charge in [0.1, 0.15) is 17.5 Å². The van der Waals surface area contributed by atoms with E-state index < -0.39 is 0 Å². The van der Waals surface area contributed by atoms with Crippen LogP contribution in [0.1, 0.15) is 37.6 Å². The van der Waals surface area contributed by atoms with Crippen LogP contribution in [0.3, 0.4) is 0 Å². The van der Waals surface area contributed by atoms with Crippen molar-refractivity contribution in [2.45, 2.75) is 46.1 Å². The van der Waals surface area contributed by atoms with E-state index in [-0.39, 0.29) is 12.6 Å². The number of nitrogens with zero attached hydrogens (tertiary/aromatic N) is 3. The lowest BCUT2D eigenvalue weighted by molar-refractivity contribution is 0.239. The highest BCUT2D eigenvalue weighted by Gasteiger charge is 2.25. The molecule has 0 aromatic carbocycles. The van der Waals surface area contributed by atoms with Gasteiger partial charge in [0.25, 0.3) is 0 Å². The van der Waals surface area contributed by atoms with E-state index in [2.05, 4.69) is 34.0 Å². The first kappa shape index (κ1) is 14.1. The van der Waals surface area contributed by atoms with Gasteiger partial charge < -0.3 is 15.3 Å². The van der Waals surface area contributed by atoms with Crippen LogP contribution in [0.15, 0.2) is 0 Å². The molecular formula is C14H24N4O. The van der Waals surface area contributed by atoms with Gasteiger partial charge in [-0.3, -0.25) is 0 Å². The molecule has 0 spiro atoms. The summed E-state index contributed by atoms with van der Waals surface area (Å²) in [6, 6.07) is 0.191. The molecule has 1 aliphatic rings. The van der Waals surface area contributed by atoms with Gasteiger partial charge in [0, 0.05) is 18.7 Å². The van der Waals surface area contributed by atoms with Crippen molar-refractivity contribution in [1.82, 2.24) is 9.97 Å². The van der Waals surface area contributed by atoms with Crippen LogP contribution in [0.25, 0.3) is 0 Å². The minimum atomic E-state index is 0.191. The SMILES string of the molecule is CCNc1nc(C)nc(N2CCCCC2CO)c1C. The summed E-state index contributed by atoms with van der Waals surface area (Å²) in [4.78, 5) is 11.3. The molecule has 1 atom stereocenters. The van der Waals surface area contributed by atoms with Gasteiger partial charge in [-0.15, -0.1) is 0 Å². The number of hydrogen-bond acceptors (Lipinski definition) is 5. The standard InChI is InChI=1S/C14H24N4O/c1-4-15-13-10(2)14(17-11(3)16-13)18-8-6-5-7-12(18)9-19/h12,19H,4-9H2,1-3H3,(H,15,16,17). The van der Waals surface area contributed by atoms with Crippen LogP contribution in [0, 0.1) is 13.8 Å². The second-order valence-corrected chi connectivity index (χ2v) is 5.12. The average molecular weight is 264 g/mol. The van der Waals surface area contributed by atoms with Crippen molar-refractivity contribution in [2.75, 3.05) is 29.9 Å². The van der Waals surface area contributed by atoms with Crippen molar-refractivity contribution in [1.29, 1.82) is 0 Å². The summed E-state index contributed by atoms with van der Waals surface area (Å²) in [5, 5.41) is 12.8. The lowest BCUT2D eigenvalue weighted by Crippen LogP contribution is -2.43. The quantitative estimate of drug-likeness (QED) is 0.869. The summed E-state index contributed by atoms with van der Waals surface area (Å²) in [7, 11) is 0. The maximum absolute atomic E-state index is 9.55. The van der Waals surface area contributed by atoms with Crippen LogP contribution < -0.4 is 10.2 Å². The summed E-state index contributed by atoms with van der Waals surface area (Å²) in [5.41, 5.74) is 1.08. The third-order valence-electron chi connectivity index (χ3n) is 3.69. The van der Waals surface area contributed by atoms with Crippen LogP contribution in [0.5, 0.6) is 0 Å². The summed E-state index contributed by atoms with van der Waals surface area (Å²) in [6.07, 6.45) is 3.38. The lowest BCUT2D eigenvalue weighted by Gasteiger charge is -2.36. The minimum absolute atomic E-state index is 0.191. The Morgan fingerprint density at radius 2 is 2.11 bits per heavy atom. The molecule has 2 heterocycles. The summed E-state index contributed by atoms with van der Waals surface area (Å²) >= 11 is 0. The molecule has 1 aromatic rings. The van der Waals surface area contributed by atoms with Gasteiger partial charge in [0.15, 0.2) is 0 Å².